The second-order valence-corrected chi connectivity index (χ2v) is 8.03. The number of hydrogen-bond donors (Lipinski definition) is 2. The van der Waals surface area contributed by atoms with Crippen molar-refractivity contribution in [2.75, 3.05) is 44.8 Å². The Morgan fingerprint density at radius 2 is 1.81 bits per heavy atom. The highest BCUT2D eigenvalue weighted by Crippen LogP contribution is 2.16. The fourth-order valence-corrected chi connectivity index (χ4v) is 3.14. The third-order valence-corrected chi connectivity index (χ3v) is 4.84. The topological polar surface area (TPSA) is 97.3 Å². The van der Waals surface area contributed by atoms with Crippen LogP contribution in [0.15, 0.2) is 48.5 Å². The average molecular weight is 513 g/mol. The van der Waals surface area contributed by atoms with Gasteiger partial charge in [0.05, 0.1) is 13.2 Å². The normalized spacial score (nSPS) is 12.1. The van der Waals surface area contributed by atoms with Crippen LogP contribution in [-0.2, 0) is 20.7 Å². The highest BCUT2D eigenvalue weighted by molar-refractivity contribution is 5.89. The first-order valence-electron chi connectivity index (χ1n) is 11.4. The van der Waals surface area contributed by atoms with Crippen LogP contribution in [-0.4, -0.2) is 73.6 Å². The number of amides is 2. The molecule has 8 nitrogen and oxygen atoms in total. The summed E-state index contributed by atoms with van der Waals surface area (Å²) in [5, 5.41) is 11.8. The van der Waals surface area contributed by atoms with Gasteiger partial charge in [-0.3, -0.25) is 0 Å². The summed E-state index contributed by atoms with van der Waals surface area (Å²) in [6.45, 7) is 2.02. The maximum Gasteiger partial charge on any atom is 0.333 e. The van der Waals surface area contributed by atoms with Crippen molar-refractivity contribution in [3.05, 3.63) is 59.9 Å². The summed E-state index contributed by atoms with van der Waals surface area (Å²) >= 11 is 0. The predicted octanol–water partition coefficient (Wildman–Crippen LogP) is 4.44. The van der Waals surface area contributed by atoms with Gasteiger partial charge >= 0.3 is 12.0 Å². The SMILES string of the molecule is CCOC(Cc1ccc(OCCN(CCOCC(C)(F)F)C(=O)Nc2cccc(F)c2)cc1)C(=O)O. The van der Waals surface area contributed by atoms with Crippen molar-refractivity contribution in [1.82, 2.24) is 4.90 Å². The van der Waals surface area contributed by atoms with E-state index in [0.29, 0.717) is 5.75 Å². The summed E-state index contributed by atoms with van der Waals surface area (Å²) in [5.74, 6) is -4.05. The molecule has 1 atom stereocenters. The van der Waals surface area contributed by atoms with E-state index in [1.807, 2.05) is 0 Å². The van der Waals surface area contributed by atoms with Crippen molar-refractivity contribution >= 4 is 17.7 Å². The van der Waals surface area contributed by atoms with E-state index >= 15 is 0 Å². The monoisotopic (exact) mass is 512 g/mol. The first-order chi connectivity index (χ1) is 17.1. The second kappa shape index (κ2) is 14.3. The number of hydrogen-bond acceptors (Lipinski definition) is 5. The van der Waals surface area contributed by atoms with Crippen molar-refractivity contribution in [3.8, 4) is 5.75 Å². The Morgan fingerprint density at radius 1 is 1.11 bits per heavy atom. The number of carbonyl (C=O) groups is 2. The molecule has 2 aromatic carbocycles. The summed E-state index contributed by atoms with van der Waals surface area (Å²) < 4.78 is 55.3. The summed E-state index contributed by atoms with van der Waals surface area (Å²) in [7, 11) is 0. The van der Waals surface area contributed by atoms with E-state index in [-0.39, 0.29) is 45.0 Å². The molecule has 0 saturated carbocycles. The molecule has 11 heteroatoms. The lowest BCUT2D eigenvalue weighted by Crippen LogP contribution is -2.40. The van der Waals surface area contributed by atoms with Crippen LogP contribution in [0.3, 0.4) is 0 Å². The maximum atomic E-state index is 13.4. The van der Waals surface area contributed by atoms with Crippen molar-refractivity contribution in [2.45, 2.75) is 32.3 Å². The number of ether oxygens (including phenoxy) is 3. The summed E-state index contributed by atoms with van der Waals surface area (Å²) in [6, 6.07) is 11.6. The highest BCUT2D eigenvalue weighted by Gasteiger charge is 2.22. The standard InChI is InChI=1S/C25H31F3N2O6/c1-3-35-22(23(31)32)15-18-7-9-21(10-8-18)36-14-12-30(11-13-34-17-25(2,27)28)24(33)29-20-6-4-5-19(26)16-20/h4-10,16,22H,3,11-15,17H2,1-2H3,(H,29,33)(H,31,32). The van der Waals surface area contributed by atoms with Gasteiger partial charge in [-0.25, -0.2) is 22.8 Å². The minimum Gasteiger partial charge on any atom is -0.492 e. The Hall–Kier alpha value is -3.31. The van der Waals surface area contributed by atoms with E-state index < -0.39 is 36.5 Å². The Balaban J connectivity index is 1.92. The van der Waals surface area contributed by atoms with Gasteiger partial charge in [-0.2, -0.15) is 0 Å². The number of aliphatic carboxylic acids is 1. The molecule has 2 N–H and O–H groups in total. The number of carboxylic acid groups (broad SMARTS) is 1. The zero-order valence-corrected chi connectivity index (χ0v) is 20.2. The van der Waals surface area contributed by atoms with Gasteiger partial charge in [0.2, 0.25) is 0 Å². The first-order valence-corrected chi connectivity index (χ1v) is 11.4. The molecule has 0 aliphatic carbocycles. The molecule has 0 aliphatic heterocycles. The average Bonchev–Trinajstić information content (AvgIpc) is 2.80. The number of carbonyl (C=O) groups excluding carboxylic acids is 1. The Morgan fingerprint density at radius 3 is 2.42 bits per heavy atom. The van der Waals surface area contributed by atoms with Gasteiger partial charge in [0.15, 0.2) is 6.10 Å². The molecule has 198 valence electrons. The number of anilines is 1. The molecule has 2 amide bonds. The predicted molar refractivity (Wildman–Crippen MR) is 127 cm³/mol. The van der Waals surface area contributed by atoms with Crippen LogP contribution >= 0.6 is 0 Å². The minimum atomic E-state index is -2.99. The molecule has 2 rings (SSSR count). The number of nitrogens with zero attached hydrogens (tertiary/aromatic N) is 1. The van der Waals surface area contributed by atoms with Crippen molar-refractivity contribution in [1.29, 1.82) is 0 Å². The lowest BCUT2D eigenvalue weighted by atomic mass is 10.1. The molecule has 0 saturated heterocycles. The number of alkyl halides is 2. The number of rotatable bonds is 15. The summed E-state index contributed by atoms with van der Waals surface area (Å²) in [6.07, 6.45) is -0.740. The zero-order chi connectivity index (χ0) is 26.6. The van der Waals surface area contributed by atoms with Crippen molar-refractivity contribution in [3.63, 3.8) is 0 Å². The van der Waals surface area contributed by atoms with Gasteiger partial charge in [-0.05, 0) is 42.8 Å². The zero-order valence-electron chi connectivity index (χ0n) is 20.2. The van der Waals surface area contributed by atoms with Crippen molar-refractivity contribution < 1.29 is 42.1 Å². The van der Waals surface area contributed by atoms with Gasteiger partial charge in [0.25, 0.3) is 5.92 Å². The van der Waals surface area contributed by atoms with E-state index in [2.05, 4.69) is 5.32 Å². The fraction of sp³-hybridized carbons (Fsp3) is 0.440. The quantitative estimate of drug-likeness (QED) is 0.343. The molecule has 1 unspecified atom stereocenters. The van der Waals surface area contributed by atoms with Crippen LogP contribution in [0.25, 0.3) is 0 Å². The molecule has 0 radical (unpaired) electrons. The van der Waals surface area contributed by atoms with E-state index in [9.17, 15) is 27.9 Å². The molecule has 0 bridgehead atoms. The van der Waals surface area contributed by atoms with Gasteiger partial charge in [-0.1, -0.05) is 18.2 Å². The van der Waals surface area contributed by atoms with E-state index in [1.54, 1.807) is 31.2 Å². The van der Waals surface area contributed by atoms with Crippen LogP contribution in [0.5, 0.6) is 5.75 Å². The number of urea groups is 1. The van der Waals surface area contributed by atoms with Gasteiger partial charge in [0.1, 0.15) is 24.8 Å². The molecular weight excluding hydrogens is 481 g/mol. The van der Waals surface area contributed by atoms with Crippen LogP contribution in [0, 0.1) is 5.82 Å². The van der Waals surface area contributed by atoms with Gasteiger partial charge < -0.3 is 29.5 Å². The second-order valence-electron chi connectivity index (χ2n) is 8.03. The van der Waals surface area contributed by atoms with E-state index in [1.165, 1.54) is 23.1 Å². The van der Waals surface area contributed by atoms with Crippen LogP contribution < -0.4 is 10.1 Å². The Labute approximate surface area is 207 Å². The van der Waals surface area contributed by atoms with Gasteiger partial charge in [-0.15, -0.1) is 0 Å². The number of halogens is 3. The van der Waals surface area contributed by atoms with Gasteiger partial charge in [0, 0.05) is 32.2 Å². The van der Waals surface area contributed by atoms with E-state index in [4.69, 9.17) is 14.2 Å². The third-order valence-electron chi connectivity index (χ3n) is 4.84. The molecule has 2 aromatic rings. The molecule has 0 spiro atoms. The van der Waals surface area contributed by atoms with E-state index in [0.717, 1.165) is 18.6 Å². The molecule has 0 heterocycles. The number of nitrogens with one attached hydrogen (secondary N) is 1. The lowest BCUT2D eigenvalue weighted by molar-refractivity contribution is -0.149. The van der Waals surface area contributed by atoms with Crippen LogP contribution in [0.4, 0.5) is 23.7 Å². The molecule has 36 heavy (non-hydrogen) atoms. The lowest BCUT2D eigenvalue weighted by Gasteiger charge is -2.23. The summed E-state index contributed by atoms with van der Waals surface area (Å²) in [4.78, 5) is 25.2. The number of benzene rings is 2. The Bertz CT molecular complexity index is 969. The summed E-state index contributed by atoms with van der Waals surface area (Å²) in [5.41, 5.74) is 0.999. The smallest absolute Gasteiger partial charge is 0.333 e. The van der Waals surface area contributed by atoms with Crippen molar-refractivity contribution in [2.24, 2.45) is 0 Å². The molecular formula is C25H31F3N2O6. The first kappa shape index (κ1) is 28.9. The number of carboxylic acids is 1. The largest absolute Gasteiger partial charge is 0.492 e. The van der Waals surface area contributed by atoms with Crippen LogP contribution in [0.1, 0.15) is 19.4 Å². The highest BCUT2D eigenvalue weighted by atomic mass is 19.3. The maximum absolute atomic E-state index is 13.4. The molecule has 0 aromatic heterocycles. The third kappa shape index (κ3) is 11.0. The molecule has 0 aliphatic rings. The minimum absolute atomic E-state index is 0.00747. The fourth-order valence-electron chi connectivity index (χ4n) is 3.14. The molecule has 0 fully saturated rings. The van der Waals surface area contributed by atoms with Crippen LogP contribution in [0.2, 0.25) is 0 Å². The Kier molecular flexibility index (Phi) is 11.5.